The van der Waals surface area contributed by atoms with Crippen LogP contribution in [0.15, 0.2) is 119 Å². The van der Waals surface area contributed by atoms with Gasteiger partial charge < -0.3 is 9.74 Å². The van der Waals surface area contributed by atoms with Crippen molar-refractivity contribution in [3.63, 3.8) is 0 Å². The number of oxime groups is 1. The van der Waals surface area contributed by atoms with Crippen LogP contribution in [-0.4, -0.2) is 34.3 Å². The topological polar surface area (TPSA) is 76.8 Å². The molecule has 4 aromatic carbocycles. The van der Waals surface area contributed by atoms with Gasteiger partial charge in [0, 0.05) is 24.3 Å². The van der Waals surface area contributed by atoms with E-state index in [1.807, 2.05) is 117 Å². The molecule has 0 aliphatic rings. The highest BCUT2D eigenvalue weighted by Gasteiger charge is 2.19. The highest BCUT2D eigenvalue weighted by atomic mass is 16.6. The Kier molecular flexibility index (Phi) is 8.11. The maximum Gasteiger partial charge on any atom is 0.267 e. The number of aromatic nitrogens is 2. The molecule has 0 saturated carbocycles. The predicted molar refractivity (Wildman–Crippen MR) is 160 cm³/mol. The van der Waals surface area contributed by atoms with E-state index in [-0.39, 0.29) is 31.2 Å². The van der Waals surface area contributed by atoms with Gasteiger partial charge in [-0.3, -0.25) is 14.2 Å². The number of aryl methyl sites for hydroxylation is 1. The SMILES string of the molecule is CC(=NOCC(=O)N(CCn1c(-c2ccccc2)nc2ccccc2c1=O)c1ccc(C)cc1)c1ccccc1. The zero-order valence-electron chi connectivity index (χ0n) is 22.5. The molecule has 7 nitrogen and oxygen atoms in total. The minimum absolute atomic E-state index is 0.153. The van der Waals surface area contributed by atoms with E-state index >= 15 is 0 Å². The van der Waals surface area contributed by atoms with Crippen LogP contribution < -0.4 is 10.5 Å². The van der Waals surface area contributed by atoms with Gasteiger partial charge in [0.25, 0.3) is 11.5 Å². The van der Waals surface area contributed by atoms with Crippen molar-refractivity contribution in [2.45, 2.75) is 20.4 Å². The van der Waals surface area contributed by atoms with Crippen molar-refractivity contribution in [1.82, 2.24) is 9.55 Å². The van der Waals surface area contributed by atoms with Crippen LogP contribution in [0.1, 0.15) is 18.1 Å². The van der Waals surface area contributed by atoms with Crippen LogP contribution in [0.5, 0.6) is 0 Å². The summed E-state index contributed by atoms with van der Waals surface area (Å²) in [5.41, 5.74) is 4.70. The highest BCUT2D eigenvalue weighted by molar-refractivity contribution is 5.98. The van der Waals surface area contributed by atoms with Crippen molar-refractivity contribution >= 4 is 28.2 Å². The smallest absolute Gasteiger partial charge is 0.267 e. The Morgan fingerprint density at radius 2 is 1.52 bits per heavy atom. The number of hydrogen-bond donors (Lipinski definition) is 0. The number of nitrogens with zero attached hydrogens (tertiary/aromatic N) is 4. The maximum atomic E-state index is 13.6. The molecule has 5 rings (SSSR count). The van der Waals surface area contributed by atoms with E-state index in [9.17, 15) is 9.59 Å². The Labute approximate surface area is 233 Å². The molecule has 0 spiro atoms. The van der Waals surface area contributed by atoms with Gasteiger partial charge in [-0.2, -0.15) is 0 Å². The zero-order valence-corrected chi connectivity index (χ0v) is 22.5. The third kappa shape index (κ3) is 5.99. The Morgan fingerprint density at radius 3 is 2.25 bits per heavy atom. The number of fused-ring (bicyclic) bond motifs is 1. The number of anilines is 1. The van der Waals surface area contributed by atoms with Gasteiger partial charge in [0.2, 0.25) is 0 Å². The van der Waals surface area contributed by atoms with Gasteiger partial charge in [0.1, 0.15) is 5.82 Å². The van der Waals surface area contributed by atoms with Gasteiger partial charge in [0.05, 0.1) is 16.6 Å². The van der Waals surface area contributed by atoms with E-state index in [4.69, 9.17) is 9.82 Å². The van der Waals surface area contributed by atoms with E-state index < -0.39 is 0 Å². The van der Waals surface area contributed by atoms with Crippen molar-refractivity contribution in [2.24, 2.45) is 5.16 Å². The standard InChI is InChI=1S/C33H30N4O3/c1-24-17-19-28(20-18-24)36(31(38)23-40-35-25(2)26-11-5-3-6-12-26)21-22-37-32(27-13-7-4-8-14-27)34-30-16-10-9-15-29(30)33(37)39/h3-20H,21-23H2,1-2H3. The fraction of sp³-hybridized carbons (Fsp3) is 0.152. The van der Waals surface area contributed by atoms with Crippen LogP contribution in [0, 0.1) is 6.92 Å². The normalized spacial score (nSPS) is 11.4. The molecule has 0 aliphatic heterocycles. The molecule has 0 bridgehead atoms. The molecule has 0 fully saturated rings. The minimum atomic E-state index is -0.267. The van der Waals surface area contributed by atoms with E-state index in [1.165, 1.54) is 0 Å². The third-order valence-corrected chi connectivity index (χ3v) is 6.67. The number of rotatable bonds is 9. The van der Waals surface area contributed by atoms with Crippen LogP contribution in [0.25, 0.3) is 22.3 Å². The average molecular weight is 531 g/mol. The number of hydrogen-bond acceptors (Lipinski definition) is 5. The first-order valence-corrected chi connectivity index (χ1v) is 13.2. The average Bonchev–Trinajstić information content (AvgIpc) is 3.00. The van der Waals surface area contributed by atoms with Crippen LogP contribution in [0.4, 0.5) is 5.69 Å². The van der Waals surface area contributed by atoms with Gasteiger partial charge in [0.15, 0.2) is 6.61 Å². The second kappa shape index (κ2) is 12.2. The predicted octanol–water partition coefficient (Wildman–Crippen LogP) is 5.85. The molecule has 200 valence electrons. The van der Waals surface area contributed by atoms with Crippen LogP contribution in [0.3, 0.4) is 0 Å². The Morgan fingerprint density at radius 1 is 0.875 bits per heavy atom. The first-order chi connectivity index (χ1) is 19.5. The lowest BCUT2D eigenvalue weighted by Gasteiger charge is -2.24. The summed E-state index contributed by atoms with van der Waals surface area (Å²) >= 11 is 0. The van der Waals surface area contributed by atoms with Gasteiger partial charge in [-0.15, -0.1) is 0 Å². The molecule has 0 atom stereocenters. The summed E-state index contributed by atoms with van der Waals surface area (Å²) in [5.74, 6) is 0.288. The second-order valence-electron chi connectivity index (χ2n) is 9.47. The molecule has 0 aliphatic carbocycles. The summed E-state index contributed by atoms with van der Waals surface area (Å²) in [5, 5.41) is 4.68. The molecule has 0 unspecified atom stereocenters. The third-order valence-electron chi connectivity index (χ3n) is 6.67. The molecule has 0 radical (unpaired) electrons. The van der Waals surface area contributed by atoms with Crippen molar-refractivity contribution < 1.29 is 9.63 Å². The summed E-state index contributed by atoms with van der Waals surface area (Å²) in [7, 11) is 0. The first-order valence-electron chi connectivity index (χ1n) is 13.2. The molecule has 1 aromatic heterocycles. The van der Waals surface area contributed by atoms with E-state index in [0.717, 1.165) is 16.7 Å². The summed E-state index contributed by atoms with van der Waals surface area (Å²) < 4.78 is 1.64. The quantitative estimate of drug-likeness (QED) is 0.177. The lowest BCUT2D eigenvalue weighted by molar-refractivity contribution is -0.123. The van der Waals surface area contributed by atoms with Crippen LogP contribution >= 0.6 is 0 Å². The van der Waals surface area contributed by atoms with Crippen molar-refractivity contribution in [3.8, 4) is 11.4 Å². The van der Waals surface area contributed by atoms with E-state index in [2.05, 4.69) is 5.16 Å². The fourth-order valence-corrected chi connectivity index (χ4v) is 4.50. The van der Waals surface area contributed by atoms with Crippen LogP contribution in [0.2, 0.25) is 0 Å². The highest BCUT2D eigenvalue weighted by Crippen LogP contribution is 2.20. The van der Waals surface area contributed by atoms with Crippen molar-refractivity contribution in [2.75, 3.05) is 18.1 Å². The van der Waals surface area contributed by atoms with Gasteiger partial charge in [-0.25, -0.2) is 4.98 Å². The second-order valence-corrected chi connectivity index (χ2v) is 9.47. The molecule has 1 heterocycles. The number of benzene rings is 4. The molecule has 40 heavy (non-hydrogen) atoms. The minimum Gasteiger partial charge on any atom is -0.385 e. The number of para-hydroxylation sites is 1. The van der Waals surface area contributed by atoms with Crippen LogP contribution in [-0.2, 0) is 16.2 Å². The Hall–Kier alpha value is -5.04. The Balaban J connectivity index is 1.44. The lowest BCUT2D eigenvalue weighted by atomic mass is 10.1. The zero-order chi connectivity index (χ0) is 27.9. The maximum absolute atomic E-state index is 13.6. The fourth-order valence-electron chi connectivity index (χ4n) is 4.50. The Bertz CT molecular complexity index is 1700. The molecule has 7 heteroatoms. The molecule has 0 saturated heterocycles. The summed E-state index contributed by atoms with van der Waals surface area (Å²) in [6, 6.07) is 34.3. The van der Waals surface area contributed by atoms with E-state index in [0.29, 0.717) is 28.1 Å². The molecular weight excluding hydrogens is 500 g/mol. The summed E-state index contributed by atoms with van der Waals surface area (Å²) in [6.07, 6.45) is 0. The monoisotopic (exact) mass is 530 g/mol. The first kappa shape index (κ1) is 26.6. The largest absolute Gasteiger partial charge is 0.385 e. The number of carbonyl (C=O) groups excluding carboxylic acids is 1. The number of amides is 1. The van der Waals surface area contributed by atoms with Gasteiger partial charge in [-0.1, -0.05) is 95.6 Å². The summed E-state index contributed by atoms with van der Waals surface area (Å²) in [6.45, 7) is 4.07. The molecule has 5 aromatic rings. The molecular formula is C33H30N4O3. The van der Waals surface area contributed by atoms with Gasteiger partial charge in [-0.05, 0) is 43.7 Å². The van der Waals surface area contributed by atoms with Gasteiger partial charge >= 0.3 is 0 Å². The van der Waals surface area contributed by atoms with Crippen molar-refractivity contribution in [3.05, 3.63) is 131 Å². The molecule has 0 N–H and O–H groups in total. The van der Waals surface area contributed by atoms with Crippen molar-refractivity contribution in [1.29, 1.82) is 0 Å². The van der Waals surface area contributed by atoms with E-state index in [1.54, 1.807) is 15.5 Å². The lowest BCUT2D eigenvalue weighted by Crippen LogP contribution is -2.38. The molecule has 1 amide bonds. The summed E-state index contributed by atoms with van der Waals surface area (Å²) in [4.78, 5) is 39.0. The number of carbonyl (C=O) groups is 1.